The Morgan fingerprint density at radius 1 is 1.19 bits per heavy atom. The summed E-state index contributed by atoms with van der Waals surface area (Å²) in [6.45, 7) is 2.17. The number of tetrazole rings is 1. The molecule has 0 radical (unpaired) electrons. The summed E-state index contributed by atoms with van der Waals surface area (Å²) in [5.74, 6) is 0.763. The second-order valence-electron chi connectivity index (χ2n) is 5.85. The van der Waals surface area contributed by atoms with Crippen molar-refractivity contribution in [1.29, 1.82) is 0 Å². The van der Waals surface area contributed by atoms with E-state index in [1.54, 1.807) is 6.07 Å². The molecule has 2 aliphatic rings. The van der Waals surface area contributed by atoms with Crippen LogP contribution in [0.1, 0.15) is 25.3 Å². The van der Waals surface area contributed by atoms with Crippen LogP contribution < -0.4 is 5.73 Å². The van der Waals surface area contributed by atoms with Crippen LogP contribution in [-0.4, -0.2) is 44.2 Å². The topological polar surface area (TPSA) is 72.9 Å². The minimum Gasteiger partial charge on any atom is -0.398 e. The number of aromatic nitrogens is 4. The normalized spacial score (nSPS) is 22.8. The molecule has 0 amide bonds. The molecule has 7 heteroatoms. The van der Waals surface area contributed by atoms with Crippen molar-refractivity contribution >= 4 is 17.3 Å². The number of nitrogen functional groups attached to an aromatic ring is 1. The zero-order valence-electron chi connectivity index (χ0n) is 11.6. The van der Waals surface area contributed by atoms with Gasteiger partial charge in [0, 0.05) is 24.7 Å². The Bertz CT molecular complexity index is 665. The van der Waals surface area contributed by atoms with Gasteiger partial charge < -0.3 is 5.73 Å². The summed E-state index contributed by atoms with van der Waals surface area (Å²) >= 11 is 6.10. The number of anilines is 1. The lowest BCUT2D eigenvalue weighted by Gasteiger charge is -2.15. The van der Waals surface area contributed by atoms with E-state index in [1.807, 2.05) is 16.8 Å². The Balaban J connectivity index is 1.62. The molecule has 6 nitrogen and oxygen atoms in total. The molecule has 4 rings (SSSR count). The summed E-state index contributed by atoms with van der Waals surface area (Å²) in [4.78, 5) is 2.55. The van der Waals surface area contributed by atoms with Gasteiger partial charge in [-0.2, -0.15) is 0 Å². The average molecular weight is 305 g/mol. The second-order valence-corrected chi connectivity index (χ2v) is 6.26. The van der Waals surface area contributed by atoms with Crippen molar-refractivity contribution in [2.45, 2.75) is 31.3 Å². The highest BCUT2D eigenvalue weighted by Crippen LogP contribution is 2.34. The van der Waals surface area contributed by atoms with E-state index in [1.165, 1.54) is 12.8 Å². The fraction of sp³-hybridized carbons (Fsp3) is 0.500. The van der Waals surface area contributed by atoms with E-state index in [2.05, 4.69) is 20.4 Å². The van der Waals surface area contributed by atoms with Crippen LogP contribution in [-0.2, 0) is 0 Å². The van der Waals surface area contributed by atoms with Gasteiger partial charge >= 0.3 is 0 Å². The predicted octanol–water partition coefficient (Wildman–Crippen LogP) is 1.98. The first kappa shape index (κ1) is 13.0. The Labute approximate surface area is 127 Å². The summed E-state index contributed by atoms with van der Waals surface area (Å²) in [6, 6.07) is 6.67. The molecular formula is C14H17ClN6. The fourth-order valence-electron chi connectivity index (χ4n) is 3.03. The van der Waals surface area contributed by atoms with E-state index in [4.69, 9.17) is 17.3 Å². The maximum absolute atomic E-state index is 6.10. The van der Waals surface area contributed by atoms with E-state index in [-0.39, 0.29) is 0 Å². The molecule has 1 aromatic heterocycles. The van der Waals surface area contributed by atoms with Crippen molar-refractivity contribution in [3.05, 3.63) is 23.2 Å². The van der Waals surface area contributed by atoms with Crippen LogP contribution in [0.2, 0.25) is 5.02 Å². The number of halogens is 1. The fourth-order valence-corrected chi connectivity index (χ4v) is 3.22. The van der Waals surface area contributed by atoms with Crippen molar-refractivity contribution in [2.75, 3.05) is 18.8 Å². The van der Waals surface area contributed by atoms with Crippen molar-refractivity contribution < 1.29 is 0 Å². The summed E-state index contributed by atoms with van der Waals surface area (Å²) in [5.41, 5.74) is 7.24. The van der Waals surface area contributed by atoms with Gasteiger partial charge in [0.25, 0.3) is 0 Å². The van der Waals surface area contributed by atoms with Crippen molar-refractivity contribution in [3.63, 3.8) is 0 Å². The first-order chi connectivity index (χ1) is 10.2. The Morgan fingerprint density at radius 3 is 2.81 bits per heavy atom. The van der Waals surface area contributed by atoms with Crippen LogP contribution in [0, 0.1) is 0 Å². The second kappa shape index (κ2) is 4.96. The van der Waals surface area contributed by atoms with Crippen LogP contribution in [0.5, 0.6) is 0 Å². The number of rotatable bonds is 3. The molecule has 2 fully saturated rings. The van der Waals surface area contributed by atoms with E-state index in [0.717, 1.165) is 36.9 Å². The predicted molar refractivity (Wildman–Crippen MR) is 80.9 cm³/mol. The highest BCUT2D eigenvalue weighted by molar-refractivity contribution is 6.33. The van der Waals surface area contributed by atoms with Gasteiger partial charge in [-0.1, -0.05) is 11.6 Å². The minimum atomic E-state index is 0.340. The minimum absolute atomic E-state index is 0.340. The van der Waals surface area contributed by atoms with E-state index >= 15 is 0 Å². The Hall–Kier alpha value is -1.66. The van der Waals surface area contributed by atoms with Crippen LogP contribution in [0.15, 0.2) is 18.2 Å². The smallest absolute Gasteiger partial charge is 0.182 e. The lowest BCUT2D eigenvalue weighted by Crippen LogP contribution is -2.24. The molecule has 2 heterocycles. The molecule has 1 unspecified atom stereocenters. The molecule has 2 aromatic rings. The van der Waals surface area contributed by atoms with E-state index in [0.29, 0.717) is 16.8 Å². The maximum Gasteiger partial charge on any atom is 0.182 e. The van der Waals surface area contributed by atoms with Gasteiger partial charge in [0.05, 0.1) is 16.8 Å². The van der Waals surface area contributed by atoms with Gasteiger partial charge in [0.1, 0.15) is 0 Å². The zero-order chi connectivity index (χ0) is 14.4. The first-order valence-corrected chi connectivity index (χ1v) is 7.67. The van der Waals surface area contributed by atoms with Gasteiger partial charge in [0.15, 0.2) is 5.82 Å². The zero-order valence-corrected chi connectivity index (χ0v) is 12.4. The van der Waals surface area contributed by atoms with Crippen LogP contribution in [0.25, 0.3) is 11.4 Å². The molecule has 1 saturated carbocycles. The summed E-state index contributed by atoms with van der Waals surface area (Å²) in [5, 5.41) is 12.8. The lowest BCUT2D eigenvalue weighted by molar-refractivity contribution is 0.309. The van der Waals surface area contributed by atoms with Crippen LogP contribution in [0.3, 0.4) is 0 Å². The van der Waals surface area contributed by atoms with E-state index < -0.39 is 0 Å². The monoisotopic (exact) mass is 304 g/mol. The number of hydrogen-bond donors (Lipinski definition) is 1. The number of nitrogens with zero attached hydrogens (tertiary/aromatic N) is 5. The average Bonchev–Trinajstić information content (AvgIpc) is 3.03. The highest BCUT2D eigenvalue weighted by Gasteiger charge is 2.36. The quantitative estimate of drug-likeness (QED) is 0.878. The molecule has 2 N–H and O–H groups in total. The van der Waals surface area contributed by atoms with Gasteiger partial charge in [0.2, 0.25) is 0 Å². The molecule has 0 spiro atoms. The molecule has 110 valence electrons. The molecular weight excluding hydrogens is 288 g/mol. The molecule has 1 aliphatic carbocycles. The number of hydrogen-bond acceptors (Lipinski definition) is 5. The summed E-state index contributed by atoms with van der Waals surface area (Å²) < 4.78 is 1.93. The van der Waals surface area contributed by atoms with Gasteiger partial charge in [-0.15, -0.1) is 5.10 Å². The van der Waals surface area contributed by atoms with Gasteiger partial charge in [-0.3, -0.25) is 4.90 Å². The SMILES string of the molecule is Nc1ccc(-c2nnnn2C2CCN(C3CC3)C2)cc1Cl. The van der Waals surface area contributed by atoms with Crippen LogP contribution >= 0.6 is 11.6 Å². The maximum atomic E-state index is 6.10. The molecule has 1 atom stereocenters. The largest absolute Gasteiger partial charge is 0.398 e. The number of benzene rings is 1. The molecule has 1 saturated heterocycles. The number of likely N-dealkylation sites (tertiary alicyclic amines) is 1. The standard InChI is InChI=1S/C14H17ClN6/c15-12-7-9(1-4-13(12)16)14-17-18-19-21(14)11-5-6-20(8-11)10-2-3-10/h1,4,7,10-11H,2-3,5-6,8,16H2. The van der Waals surface area contributed by atoms with Gasteiger partial charge in [-0.25, -0.2) is 4.68 Å². The van der Waals surface area contributed by atoms with Gasteiger partial charge in [-0.05, 0) is 47.9 Å². The summed E-state index contributed by atoms with van der Waals surface area (Å²) in [6.07, 6.45) is 3.77. The highest BCUT2D eigenvalue weighted by atomic mass is 35.5. The first-order valence-electron chi connectivity index (χ1n) is 7.29. The molecule has 1 aromatic carbocycles. The van der Waals surface area contributed by atoms with Crippen molar-refractivity contribution in [3.8, 4) is 11.4 Å². The third kappa shape index (κ3) is 2.38. The number of nitrogens with two attached hydrogens (primary N) is 1. The molecule has 0 bridgehead atoms. The van der Waals surface area contributed by atoms with Crippen molar-refractivity contribution in [2.24, 2.45) is 0 Å². The van der Waals surface area contributed by atoms with Crippen molar-refractivity contribution in [1.82, 2.24) is 25.1 Å². The Kier molecular flexibility index (Phi) is 3.08. The lowest BCUT2D eigenvalue weighted by atomic mass is 10.2. The Morgan fingerprint density at radius 2 is 2.05 bits per heavy atom. The van der Waals surface area contributed by atoms with Crippen LogP contribution in [0.4, 0.5) is 5.69 Å². The van der Waals surface area contributed by atoms with E-state index in [9.17, 15) is 0 Å². The third-order valence-electron chi connectivity index (χ3n) is 4.36. The third-order valence-corrected chi connectivity index (χ3v) is 4.68. The molecule has 1 aliphatic heterocycles. The summed E-state index contributed by atoms with van der Waals surface area (Å²) in [7, 11) is 0. The molecule has 21 heavy (non-hydrogen) atoms.